The molecule has 1 aromatic heterocycles. The van der Waals surface area contributed by atoms with E-state index in [4.69, 9.17) is 27.9 Å². The summed E-state index contributed by atoms with van der Waals surface area (Å²) in [4.78, 5) is 17.2. The topological polar surface area (TPSA) is 45.3 Å². The largest absolute Gasteiger partial charge is 0.492 e. The maximum Gasteiger partial charge on any atom is 0.271 e. The summed E-state index contributed by atoms with van der Waals surface area (Å²) in [6.07, 6.45) is 0. The molecule has 0 aliphatic heterocycles. The van der Waals surface area contributed by atoms with Crippen molar-refractivity contribution in [2.24, 2.45) is 0 Å². The van der Waals surface area contributed by atoms with Crippen molar-refractivity contribution in [1.29, 1.82) is 0 Å². The number of para-hydroxylation sites is 1. The first-order chi connectivity index (χ1) is 11.6. The summed E-state index contributed by atoms with van der Waals surface area (Å²) in [5, 5.41) is 1.94. The molecular formula is C18H16Cl2N2O2. The smallest absolute Gasteiger partial charge is 0.271 e. The number of nitrogens with zero attached hydrogens (tertiary/aromatic N) is 1. The average molecular weight is 363 g/mol. The number of fused-ring (bicyclic) bond motifs is 1. The number of benzene rings is 2. The second-order valence-electron chi connectivity index (χ2n) is 5.39. The van der Waals surface area contributed by atoms with Crippen molar-refractivity contribution in [2.75, 3.05) is 20.2 Å². The van der Waals surface area contributed by atoms with E-state index in [9.17, 15) is 4.79 Å². The van der Waals surface area contributed by atoms with Gasteiger partial charge in [0.2, 0.25) is 0 Å². The van der Waals surface area contributed by atoms with Gasteiger partial charge in [0.15, 0.2) is 0 Å². The molecule has 1 heterocycles. The number of rotatable bonds is 5. The zero-order valence-electron chi connectivity index (χ0n) is 13.1. The number of aromatic amines is 1. The van der Waals surface area contributed by atoms with Gasteiger partial charge in [-0.3, -0.25) is 4.79 Å². The highest BCUT2D eigenvalue weighted by Gasteiger charge is 2.19. The van der Waals surface area contributed by atoms with Crippen LogP contribution in [0.1, 0.15) is 10.5 Å². The number of amides is 1. The van der Waals surface area contributed by atoms with Crippen molar-refractivity contribution in [1.82, 2.24) is 9.88 Å². The van der Waals surface area contributed by atoms with Crippen molar-refractivity contribution < 1.29 is 9.53 Å². The Balaban J connectivity index is 1.63. The zero-order valence-corrected chi connectivity index (χ0v) is 14.6. The lowest BCUT2D eigenvalue weighted by atomic mass is 10.2. The van der Waals surface area contributed by atoms with Crippen LogP contribution in [0.4, 0.5) is 0 Å². The Bertz CT molecular complexity index is 859. The molecule has 0 bridgehead atoms. The first-order valence-corrected chi connectivity index (χ1v) is 8.22. The van der Waals surface area contributed by atoms with Crippen LogP contribution in [0.25, 0.3) is 10.9 Å². The number of hydrogen-bond donors (Lipinski definition) is 1. The van der Waals surface area contributed by atoms with Gasteiger partial charge in [-0.15, -0.1) is 0 Å². The number of likely N-dealkylation sites (N-methyl/N-ethyl adjacent to an activating group) is 1. The van der Waals surface area contributed by atoms with Crippen LogP contribution in [0.5, 0.6) is 5.75 Å². The van der Waals surface area contributed by atoms with Gasteiger partial charge in [0, 0.05) is 23.0 Å². The van der Waals surface area contributed by atoms with Crippen molar-refractivity contribution in [3.8, 4) is 5.75 Å². The first kappa shape index (κ1) is 16.7. The Morgan fingerprint density at radius 2 is 1.83 bits per heavy atom. The standard InChI is InChI=1S/C18H16Cl2N2O2/c1-22(10-11-24-13-8-6-12(19)7-9-13)18(23)17-16(20)14-4-2-3-5-15(14)21-17/h2-9,21H,10-11H2,1H3. The summed E-state index contributed by atoms with van der Waals surface area (Å²) in [5.74, 6) is 0.541. The fourth-order valence-corrected chi connectivity index (χ4v) is 2.80. The number of ether oxygens (including phenoxy) is 1. The summed E-state index contributed by atoms with van der Waals surface area (Å²) in [6.45, 7) is 0.814. The number of nitrogens with one attached hydrogen (secondary N) is 1. The number of carbonyl (C=O) groups excluding carboxylic acids is 1. The Hall–Kier alpha value is -2.17. The molecule has 0 spiro atoms. The van der Waals surface area contributed by atoms with Crippen LogP contribution in [0.2, 0.25) is 10.0 Å². The van der Waals surface area contributed by atoms with E-state index in [-0.39, 0.29) is 5.91 Å². The van der Waals surface area contributed by atoms with Gasteiger partial charge in [-0.1, -0.05) is 41.4 Å². The Morgan fingerprint density at radius 1 is 1.12 bits per heavy atom. The molecular weight excluding hydrogens is 347 g/mol. The molecule has 3 aromatic rings. The van der Waals surface area contributed by atoms with E-state index in [2.05, 4.69) is 4.98 Å². The highest BCUT2D eigenvalue weighted by Crippen LogP contribution is 2.27. The lowest BCUT2D eigenvalue weighted by molar-refractivity contribution is 0.0769. The monoisotopic (exact) mass is 362 g/mol. The normalized spacial score (nSPS) is 10.8. The van der Waals surface area contributed by atoms with Gasteiger partial charge < -0.3 is 14.6 Å². The van der Waals surface area contributed by atoms with Gasteiger partial charge in [0.05, 0.1) is 11.6 Å². The van der Waals surface area contributed by atoms with Crippen molar-refractivity contribution >= 4 is 40.0 Å². The van der Waals surface area contributed by atoms with Crippen LogP contribution in [0.3, 0.4) is 0 Å². The molecule has 0 saturated heterocycles. The molecule has 0 fully saturated rings. The van der Waals surface area contributed by atoms with E-state index < -0.39 is 0 Å². The highest BCUT2D eigenvalue weighted by atomic mass is 35.5. The SMILES string of the molecule is CN(CCOc1ccc(Cl)cc1)C(=O)c1[nH]c2ccccc2c1Cl. The molecule has 0 aliphatic rings. The molecule has 0 radical (unpaired) electrons. The van der Waals surface area contributed by atoms with Gasteiger partial charge in [-0.05, 0) is 30.3 Å². The van der Waals surface area contributed by atoms with Crippen LogP contribution < -0.4 is 4.74 Å². The number of H-pyrrole nitrogens is 1. The lowest BCUT2D eigenvalue weighted by Crippen LogP contribution is -2.31. The van der Waals surface area contributed by atoms with Crippen LogP contribution >= 0.6 is 23.2 Å². The van der Waals surface area contributed by atoms with Gasteiger partial charge in [0.1, 0.15) is 18.1 Å². The molecule has 4 nitrogen and oxygen atoms in total. The van der Waals surface area contributed by atoms with Crippen LogP contribution in [0, 0.1) is 0 Å². The fraction of sp³-hybridized carbons (Fsp3) is 0.167. The van der Waals surface area contributed by atoms with Gasteiger partial charge >= 0.3 is 0 Å². The summed E-state index contributed by atoms with van der Waals surface area (Å²) in [6, 6.07) is 14.7. The van der Waals surface area contributed by atoms with E-state index in [0.717, 1.165) is 10.9 Å². The van der Waals surface area contributed by atoms with Crippen molar-refractivity contribution in [3.63, 3.8) is 0 Å². The molecule has 1 N–H and O–H groups in total. The minimum absolute atomic E-state index is 0.170. The molecule has 124 valence electrons. The number of hydrogen-bond acceptors (Lipinski definition) is 2. The molecule has 24 heavy (non-hydrogen) atoms. The van der Waals surface area contributed by atoms with Crippen LogP contribution in [-0.2, 0) is 0 Å². The molecule has 0 saturated carbocycles. The molecule has 0 atom stereocenters. The van der Waals surface area contributed by atoms with Crippen LogP contribution in [-0.4, -0.2) is 36.0 Å². The van der Waals surface area contributed by atoms with Gasteiger partial charge in [-0.25, -0.2) is 0 Å². The predicted molar refractivity (Wildman–Crippen MR) is 97.2 cm³/mol. The second-order valence-corrected chi connectivity index (χ2v) is 6.20. The van der Waals surface area contributed by atoms with Gasteiger partial charge in [-0.2, -0.15) is 0 Å². The van der Waals surface area contributed by atoms with Crippen LogP contribution in [0.15, 0.2) is 48.5 Å². The minimum atomic E-state index is -0.170. The number of aromatic nitrogens is 1. The Labute approximate surface area is 149 Å². The third kappa shape index (κ3) is 3.50. The molecule has 0 unspecified atom stereocenters. The summed E-state index contributed by atoms with van der Waals surface area (Å²) < 4.78 is 5.61. The molecule has 6 heteroatoms. The first-order valence-electron chi connectivity index (χ1n) is 7.46. The van der Waals surface area contributed by atoms with E-state index in [1.165, 1.54) is 0 Å². The Morgan fingerprint density at radius 3 is 2.54 bits per heavy atom. The molecule has 2 aromatic carbocycles. The predicted octanol–water partition coefficient (Wildman–Crippen LogP) is 4.63. The van der Waals surface area contributed by atoms with Gasteiger partial charge in [0.25, 0.3) is 5.91 Å². The Kier molecular flexibility index (Phi) is 4.97. The number of halogens is 2. The molecule has 0 aliphatic carbocycles. The lowest BCUT2D eigenvalue weighted by Gasteiger charge is -2.17. The van der Waals surface area contributed by atoms with Crippen molar-refractivity contribution in [3.05, 3.63) is 64.3 Å². The maximum absolute atomic E-state index is 12.6. The highest BCUT2D eigenvalue weighted by molar-refractivity contribution is 6.38. The zero-order chi connectivity index (χ0) is 17.1. The average Bonchev–Trinajstić information content (AvgIpc) is 2.93. The van der Waals surface area contributed by atoms with E-state index >= 15 is 0 Å². The third-order valence-electron chi connectivity index (χ3n) is 3.71. The van der Waals surface area contributed by atoms with E-state index in [1.54, 1.807) is 36.2 Å². The second kappa shape index (κ2) is 7.16. The third-order valence-corrected chi connectivity index (χ3v) is 4.36. The summed E-state index contributed by atoms with van der Waals surface area (Å²) in [5.41, 5.74) is 1.24. The maximum atomic E-state index is 12.6. The van der Waals surface area contributed by atoms with Crippen molar-refractivity contribution in [2.45, 2.75) is 0 Å². The molecule has 3 rings (SSSR count). The molecule has 1 amide bonds. The fourth-order valence-electron chi connectivity index (χ4n) is 2.38. The quantitative estimate of drug-likeness (QED) is 0.719. The summed E-state index contributed by atoms with van der Waals surface area (Å²) >= 11 is 12.1. The van der Waals surface area contributed by atoms with E-state index in [1.807, 2.05) is 24.3 Å². The summed E-state index contributed by atoms with van der Waals surface area (Å²) in [7, 11) is 1.72. The minimum Gasteiger partial charge on any atom is -0.492 e. The number of carbonyl (C=O) groups is 1. The van der Waals surface area contributed by atoms with E-state index in [0.29, 0.717) is 34.6 Å².